The lowest BCUT2D eigenvalue weighted by Gasteiger charge is -2.23. The third-order valence-electron chi connectivity index (χ3n) is 3.06. The van der Waals surface area contributed by atoms with Crippen molar-refractivity contribution in [1.82, 2.24) is 5.32 Å². The number of hydrogen-bond acceptors (Lipinski definition) is 2. The van der Waals surface area contributed by atoms with E-state index < -0.39 is 0 Å². The van der Waals surface area contributed by atoms with Crippen molar-refractivity contribution in [1.29, 1.82) is 0 Å². The number of rotatable bonds is 4. The van der Waals surface area contributed by atoms with Crippen LogP contribution >= 0.6 is 15.9 Å². The molecule has 1 saturated heterocycles. The van der Waals surface area contributed by atoms with Crippen LogP contribution in [0.5, 0.6) is 0 Å². The molecule has 2 rings (SSSR count). The zero-order valence-corrected chi connectivity index (χ0v) is 11.1. The van der Waals surface area contributed by atoms with Gasteiger partial charge in [0.05, 0.1) is 0 Å². The molecule has 1 aliphatic heterocycles. The summed E-state index contributed by atoms with van der Waals surface area (Å²) in [5.74, 6) is 0. The molecular weight excluding hydrogens is 264 g/mol. The molecule has 0 aromatic heterocycles. The highest BCUT2D eigenvalue weighted by atomic mass is 79.9. The first-order valence-electron chi connectivity index (χ1n) is 6.07. The molecule has 0 saturated carbocycles. The Labute approximate surface area is 106 Å². The van der Waals surface area contributed by atoms with Gasteiger partial charge in [0.25, 0.3) is 0 Å². The first-order valence-corrected chi connectivity index (χ1v) is 6.87. The Bertz CT molecular complexity index is 321. The van der Waals surface area contributed by atoms with Crippen LogP contribution < -0.4 is 10.6 Å². The molecule has 1 heterocycles. The van der Waals surface area contributed by atoms with Gasteiger partial charge in [0, 0.05) is 22.7 Å². The van der Waals surface area contributed by atoms with Crippen LogP contribution in [0.25, 0.3) is 0 Å². The second-order valence-electron chi connectivity index (χ2n) is 4.37. The fourth-order valence-corrected chi connectivity index (χ4v) is 2.56. The van der Waals surface area contributed by atoms with Gasteiger partial charge in [-0.2, -0.15) is 0 Å². The Morgan fingerprint density at radius 3 is 3.06 bits per heavy atom. The summed E-state index contributed by atoms with van der Waals surface area (Å²) in [4.78, 5) is 0. The molecule has 88 valence electrons. The summed E-state index contributed by atoms with van der Waals surface area (Å²) in [5.41, 5.74) is 1.20. The fourth-order valence-electron chi connectivity index (χ4n) is 2.16. The summed E-state index contributed by atoms with van der Waals surface area (Å²) in [7, 11) is 0. The van der Waals surface area contributed by atoms with Crippen LogP contribution in [-0.2, 0) is 0 Å². The van der Waals surface area contributed by atoms with E-state index in [-0.39, 0.29) is 0 Å². The average Bonchev–Trinajstić information content (AvgIpc) is 2.30. The molecule has 1 aromatic rings. The maximum atomic E-state index is 3.57. The number of benzene rings is 1. The van der Waals surface area contributed by atoms with E-state index in [0.29, 0.717) is 6.04 Å². The van der Waals surface area contributed by atoms with Crippen molar-refractivity contribution in [2.75, 3.05) is 18.4 Å². The maximum Gasteiger partial charge on any atom is 0.0351 e. The highest BCUT2D eigenvalue weighted by Gasteiger charge is 2.11. The normalized spacial score (nSPS) is 20.7. The van der Waals surface area contributed by atoms with Crippen molar-refractivity contribution in [3.63, 3.8) is 0 Å². The minimum Gasteiger partial charge on any atom is -0.385 e. The predicted molar refractivity (Wildman–Crippen MR) is 72.9 cm³/mol. The predicted octanol–water partition coefficient (Wildman–Crippen LogP) is 3.39. The smallest absolute Gasteiger partial charge is 0.0351 e. The lowest BCUT2D eigenvalue weighted by molar-refractivity contribution is 0.389. The van der Waals surface area contributed by atoms with Crippen LogP contribution in [0.15, 0.2) is 28.7 Å². The van der Waals surface area contributed by atoms with Gasteiger partial charge in [0.2, 0.25) is 0 Å². The van der Waals surface area contributed by atoms with Crippen molar-refractivity contribution >= 4 is 21.6 Å². The molecule has 2 nitrogen and oxygen atoms in total. The van der Waals surface area contributed by atoms with Gasteiger partial charge in [-0.15, -0.1) is 0 Å². The van der Waals surface area contributed by atoms with Gasteiger partial charge < -0.3 is 10.6 Å². The highest BCUT2D eigenvalue weighted by molar-refractivity contribution is 9.10. The van der Waals surface area contributed by atoms with Crippen molar-refractivity contribution in [3.8, 4) is 0 Å². The molecule has 0 aliphatic carbocycles. The molecular formula is C13H19BrN2. The number of anilines is 1. The van der Waals surface area contributed by atoms with E-state index in [4.69, 9.17) is 0 Å². The SMILES string of the molecule is Brc1cccc(NCCC2CCCCN2)c1. The number of piperidine rings is 1. The molecule has 1 aliphatic rings. The largest absolute Gasteiger partial charge is 0.385 e. The molecule has 3 heteroatoms. The monoisotopic (exact) mass is 282 g/mol. The Kier molecular flexibility index (Phi) is 4.67. The summed E-state index contributed by atoms with van der Waals surface area (Å²) >= 11 is 3.48. The van der Waals surface area contributed by atoms with Gasteiger partial charge >= 0.3 is 0 Å². The lowest BCUT2D eigenvalue weighted by atomic mass is 10.0. The topological polar surface area (TPSA) is 24.1 Å². The van der Waals surface area contributed by atoms with Gasteiger partial charge in [-0.05, 0) is 44.0 Å². The van der Waals surface area contributed by atoms with E-state index in [1.807, 2.05) is 6.07 Å². The first kappa shape index (κ1) is 11.9. The molecule has 0 amide bonds. The maximum absolute atomic E-state index is 3.57. The quantitative estimate of drug-likeness (QED) is 0.885. The first-order chi connectivity index (χ1) is 7.84. The molecule has 0 spiro atoms. The Morgan fingerprint density at radius 2 is 2.31 bits per heavy atom. The van der Waals surface area contributed by atoms with E-state index >= 15 is 0 Å². The fraction of sp³-hybridized carbons (Fsp3) is 0.538. The standard InChI is InChI=1S/C13H19BrN2/c14-11-4-3-6-13(10-11)16-9-7-12-5-1-2-8-15-12/h3-4,6,10,12,15-16H,1-2,5,7-9H2. The van der Waals surface area contributed by atoms with Gasteiger partial charge in [0.15, 0.2) is 0 Å². The van der Waals surface area contributed by atoms with Crippen molar-refractivity contribution in [2.24, 2.45) is 0 Å². The van der Waals surface area contributed by atoms with E-state index in [9.17, 15) is 0 Å². The van der Waals surface area contributed by atoms with Crippen LogP contribution in [0.2, 0.25) is 0 Å². The molecule has 16 heavy (non-hydrogen) atoms. The number of nitrogens with one attached hydrogen (secondary N) is 2. The molecule has 0 bridgehead atoms. The van der Waals surface area contributed by atoms with Crippen LogP contribution in [-0.4, -0.2) is 19.1 Å². The summed E-state index contributed by atoms with van der Waals surface area (Å²) in [6.07, 6.45) is 5.27. The minimum atomic E-state index is 0.716. The lowest BCUT2D eigenvalue weighted by Crippen LogP contribution is -2.35. The highest BCUT2D eigenvalue weighted by Crippen LogP contribution is 2.16. The van der Waals surface area contributed by atoms with Crippen LogP contribution in [0.3, 0.4) is 0 Å². The summed E-state index contributed by atoms with van der Waals surface area (Å²) in [5, 5.41) is 7.03. The zero-order chi connectivity index (χ0) is 11.2. The van der Waals surface area contributed by atoms with Crippen LogP contribution in [0, 0.1) is 0 Å². The van der Waals surface area contributed by atoms with Crippen LogP contribution in [0.1, 0.15) is 25.7 Å². The Morgan fingerprint density at radius 1 is 1.38 bits per heavy atom. The Hall–Kier alpha value is -0.540. The second-order valence-corrected chi connectivity index (χ2v) is 5.29. The average molecular weight is 283 g/mol. The molecule has 1 aromatic carbocycles. The van der Waals surface area contributed by atoms with Gasteiger partial charge in [-0.1, -0.05) is 28.4 Å². The zero-order valence-electron chi connectivity index (χ0n) is 9.51. The van der Waals surface area contributed by atoms with Gasteiger partial charge in [-0.25, -0.2) is 0 Å². The van der Waals surface area contributed by atoms with E-state index in [1.165, 1.54) is 37.9 Å². The number of hydrogen-bond donors (Lipinski definition) is 2. The summed E-state index contributed by atoms with van der Waals surface area (Å²) in [6.45, 7) is 2.25. The molecule has 1 atom stereocenters. The van der Waals surface area contributed by atoms with Crippen molar-refractivity contribution < 1.29 is 0 Å². The van der Waals surface area contributed by atoms with Crippen LogP contribution in [0.4, 0.5) is 5.69 Å². The second kappa shape index (κ2) is 6.26. The summed E-state index contributed by atoms with van der Waals surface area (Å²) in [6, 6.07) is 9.06. The molecule has 1 unspecified atom stereocenters. The van der Waals surface area contributed by atoms with Gasteiger partial charge in [-0.3, -0.25) is 0 Å². The van der Waals surface area contributed by atoms with Crippen molar-refractivity contribution in [2.45, 2.75) is 31.7 Å². The summed E-state index contributed by atoms with van der Waals surface area (Å²) < 4.78 is 1.13. The molecule has 0 radical (unpaired) electrons. The third-order valence-corrected chi connectivity index (χ3v) is 3.55. The Balaban J connectivity index is 1.71. The van der Waals surface area contributed by atoms with E-state index in [1.54, 1.807) is 0 Å². The van der Waals surface area contributed by atoms with E-state index in [2.05, 4.69) is 44.8 Å². The minimum absolute atomic E-state index is 0.716. The van der Waals surface area contributed by atoms with Crippen molar-refractivity contribution in [3.05, 3.63) is 28.7 Å². The molecule has 1 fully saturated rings. The number of halogens is 1. The van der Waals surface area contributed by atoms with Gasteiger partial charge in [0.1, 0.15) is 0 Å². The van der Waals surface area contributed by atoms with E-state index in [0.717, 1.165) is 11.0 Å². The molecule has 2 N–H and O–H groups in total. The third kappa shape index (κ3) is 3.80.